The molecule has 3 atom stereocenters. The highest BCUT2D eigenvalue weighted by Crippen LogP contribution is 2.32. The van der Waals surface area contributed by atoms with Crippen molar-refractivity contribution >= 4 is 5.91 Å². The fourth-order valence-corrected chi connectivity index (χ4v) is 3.28. The maximum absolute atomic E-state index is 12.2. The fourth-order valence-electron chi connectivity index (χ4n) is 3.28. The molecule has 1 amide bonds. The first-order chi connectivity index (χ1) is 8.72. The molecule has 0 aromatic carbocycles. The minimum absolute atomic E-state index is 0.0203. The van der Waals surface area contributed by atoms with E-state index in [0.717, 1.165) is 12.3 Å². The summed E-state index contributed by atoms with van der Waals surface area (Å²) >= 11 is 0. The van der Waals surface area contributed by atoms with E-state index in [4.69, 9.17) is 5.26 Å². The molecule has 0 bridgehead atoms. The van der Waals surface area contributed by atoms with Gasteiger partial charge in [0.25, 0.3) is 0 Å². The second kappa shape index (κ2) is 6.19. The van der Waals surface area contributed by atoms with E-state index in [-0.39, 0.29) is 11.9 Å². The molecule has 0 radical (unpaired) electrons. The number of carbonyl (C=O) groups excluding carboxylic acids is 1. The molecule has 1 heterocycles. The number of amides is 1. The Morgan fingerprint density at radius 2 is 2.11 bits per heavy atom. The second-order valence-electron chi connectivity index (χ2n) is 5.62. The van der Waals surface area contributed by atoms with Gasteiger partial charge in [0.2, 0.25) is 5.91 Å². The van der Waals surface area contributed by atoms with Crippen molar-refractivity contribution in [3.05, 3.63) is 0 Å². The van der Waals surface area contributed by atoms with Gasteiger partial charge < -0.3 is 10.2 Å². The molecular formula is C14H23N3O. The predicted molar refractivity (Wildman–Crippen MR) is 69.8 cm³/mol. The van der Waals surface area contributed by atoms with Crippen LogP contribution in [0.3, 0.4) is 0 Å². The summed E-state index contributed by atoms with van der Waals surface area (Å²) in [6, 6.07) is 2.61. The lowest BCUT2D eigenvalue weighted by Crippen LogP contribution is -2.55. The first-order valence-electron chi connectivity index (χ1n) is 7.10. The number of fused-ring (bicyclic) bond motifs is 1. The van der Waals surface area contributed by atoms with Gasteiger partial charge in [-0.05, 0) is 31.6 Å². The number of rotatable bonds is 3. The molecule has 0 spiro atoms. The summed E-state index contributed by atoms with van der Waals surface area (Å²) in [5.74, 6) is 0.946. The van der Waals surface area contributed by atoms with E-state index in [9.17, 15) is 4.79 Å². The molecule has 2 aliphatic rings. The summed E-state index contributed by atoms with van der Waals surface area (Å²) in [4.78, 5) is 13.9. The van der Waals surface area contributed by atoms with Gasteiger partial charge in [-0.1, -0.05) is 12.8 Å². The lowest BCUT2D eigenvalue weighted by atomic mass is 9.77. The maximum atomic E-state index is 12.2. The Kier molecular flexibility index (Phi) is 4.60. The van der Waals surface area contributed by atoms with Gasteiger partial charge in [-0.2, -0.15) is 5.26 Å². The maximum Gasteiger partial charge on any atom is 0.239 e. The van der Waals surface area contributed by atoms with Crippen LogP contribution >= 0.6 is 0 Å². The van der Waals surface area contributed by atoms with Crippen molar-refractivity contribution in [1.82, 2.24) is 10.2 Å². The van der Waals surface area contributed by atoms with Gasteiger partial charge in [0.1, 0.15) is 0 Å². The summed E-state index contributed by atoms with van der Waals surface area (Å²) in [6.45, 7) is 0.543. The molecule has 2 fully saturated rings. The Labute approximate surface area is 109 Å². The van der Waals surface area contributed by atoms with Crippen molar-refractivity contribution in [2.45, 2.75) is 57.0 Å². The smallest absolute Gasteiger partial charge is 0.239 e. The number of piperidine rings is 1. The van der Waals surface area contributed by atoms with Crippen LogP contribution in [0.1, 0.15) is 44.9 Å². The summed E-state index contributed by atoms with van der Waals surface area (Å²) in [5.41, 5.74) is 0. The van der Waals surface area contributed by atoms with Crippen molar-refractivity contribution in [3.8, 4) is 6.07 Å². The van der Waals surface area contributed by atoms with Gasteiger partial charge in [0.15, 0.2) is 0 Å². The van der Waals surface area contributed by atoms with Crippen LogP contribution in [-0.4, -0.2) is 36.5 Å². The number of hydrogen-bond donors (Lipinski definition) is 1. The monoisotopic (exact) mass is 249 g/mol. The van der Waals surface area contributed by atoms with Crippen LogP contribution in [-0.2, 0) is 4.79 Å². The number of nitrogens with one attached hydrogen (secondary N) is 1. The van der Waals surface area contributed by atoms with E-state index in [1.165, 1.54) is 32.1 Å². The standard InChI is InChI=1S/C14H23N3O/c1-17(10-4-9-15)14(18)13-8-7-11-5-2-3-6-12(11)16-13/h11-13,16H,2-8,10H2,1H3. The SMILES string of the molecule is CN(CCC#N)C(=O)C1CCC2CCCCC2N1. The summed E-state index contributed by atoms with van der Waals surface area (Å²) in [5, 5.41) is 12.1. The Bertz CT molecular complexity index is 336. The normalized spacial score (nSPS) is 31.2. The van der Waals surface area contributed by atoms with Crippen molar-refractivity contribution in [2.24, 2.45) is 5.92 Å². The second-order valence-corrected chi connectivity index (χ2v) is 5.62. The minimum atomic E-state index is -0.0203. The molecule has 18 heavy (non-hydrogen) atoms. The molecule has 0 aromatic rings. The van der Waals surface area contributed by atoms with E-state index >= 15 is 0 Å². The van der Waals surface area contributed by atoms with Crippen molar-refractivity contribution in [1.29, 1.82) is 5.26 Å². The van der Waals surface area contributed by atoms with Crippen LogP contribution < -0.4 is 5.32 Å². The molecule has 1 aliphatic carbocycles. The molecule has 1 N–H and O–H groups in total. The zero-order valence-electron chi connectivity index (χ0n) is 11.2. The van der Waals surface area contributed by atoms with Gasteiger partial charge in [0, 0.05) is 19.6 Å². The molecule has 4 nitrogen and oxygen atoms in total. The predicted octanol–water partition coefficient (Wildman–Crippen LogP) is 1.67. The lowest BCUT2D eigenvalue weighted by Gasteiger charge is -2.40. The van der Waals surface area contributed by atoms with Crippen molar-refractivity contribution in [2.75, 3.05) is 13.6 Å². The molecule has 4 heteroatoms. The van der Waals surface area contributed by atoms with E-state index in [1.54, 1.807) is 11.9 Å². The van der Waals surface area contributed by atoms with Gasteiger partial charge in [-0.3, -0.25) is 4.79 Å². The number of likely N-dealkylation sites (N-methyl/N-ethyl adjacent to an activating group) is 1. The largest absolute Gasteiger partial charge is 0.343 e. The minimum Gasteiger partial charge on any atom is -0.343 e. The Hall–Kier alpha value is -1.08. The molecule has 2 rings (SSSR count). The van der Waals surface area contributed by atoms with Crippen LogP contribution in [0, 0.1) is 17.2 Å². The summed E-state index contributed by atoms with van der Waals surface area (Å²) < 4.78 is 0. The van der Waals surface area contributed by atoms with Gasteiger partial charge in [-0.15, -0.1) is 0 Å². The fraction of sp³-hybridized carbons (Fsp3) is 0.857. The van der Waals surface area contributed by atoms with Gasteiger partial charge >= 0.3 is 0 Å². The number of carbonyl (C=O) groups is 1. The number of nitrogens with zero attached hydrogens (tertiary/aromatic N) is 2. The summed E-state index contributed by atoms with van der Waals surface area (Å²) in [6.07, 6.45) is 7.74. The van der Waals surface area contributed by atoms with E-state index < -0.39 is 0 Å². The van der Waals surface area contributed by atoms with Gasteiger partial charge in [0.05, 0.1) is 18.5 Å². The van der Waals surface area contributed by atoms with Crippen molar-refractivity contribution < 1.29 is 4.79 Å². The van der Waals surface area contributed by atoms with E-state index in [1.807, 2.05) is 0 Å². The average Bonchev–Trinajstić information content (AvgIpc) is 2.43. The molecule has 1 saturated heterocycles. The van der Waals surface area contributed by atoms with E-state index in [0.29, 0.717) is 19.0 Å². The zero-order chi connectivity index (χ0) is 13.0. The third-order valence-corrected chi connectivity index (χ3v) is 4.38. The first kappa shape index (κ1) is 13.4. The first-order valence-corrected chi connectivity index (χ1v) is 7.10. The molecule has 100 valence electrons. The Morgan fingerprint density at radius 1 is 1.33 bits per heavy atom. The Morgan fingerprint density at radius 3 is 2.89 bits per heavy atom. The van der Waals surface area contributed by atoms with Crippen molar-refractivity contribution in [3.63, 3.8) is 0 Å². The highest BCUT2D eigenvalue weighted by atomic mass is 16.2. The lowest BCUT2D eigenvalue weighted by molar-refractivity contribution is -0.133. The van der Waals surface area contributed by atoms with Crippen LogP contribution in [0.4, 0.5) is 0 Å². The molecule has 3 unspecified atom stereocenters. The number of hydrogen-bond acceptors (Lipinski definition) is 3. The van der Waals surface area contributed by atoms with Crippen LogP contribution in [0.25, 0.3) is 0 Å². The number of nitriles is 1. The molecule has 0 aromatic heterocycles. The quantitative estimate of drug-likeness (QED) is 0.827. The molecule has 1 aliphatic heterocycles. The van der Waals surface area contributed by atoms with Crippen LogP contribution in [0.15, 0.2) is 0 Å². The van der Waals surface area contributed by atoms with E-state index in [2.05, 4.69) is 11.4 Å². The third-order valence-electron chi connectivity index (χ3n) is 4.38. The third kappa shape index (κ3) is 3.02. The average molecular weight is 249 g/mol. The molecule has 1 saturated carbocycles. The highest BCUT2D eigenvalue weighted by molar-refractivity contribution is 5.81. The topological polar surface area (TPSA) is 56.1 Å². The van der Waals surface area contributed by atoms with Crippen LogP contribution in [0.5, 0.6) is 0 Å². The highest BCUT2D eigenvalue weighted by Gasteiger charge is 2.35. The van der Waals surface area contributed by atoms with Gasteiger partial charge in [-0.25, -0.2) is 0 Å². The summed E-state index contributed by atoms with van der Waals surface area (Å²) in [7, 11) is 1.80. The molecular weight excluding hydrogens is 226 g/mol. The zero-order valence-corrected chi connectivity index (χ0v) is 11.2. The Balaban J connectivity index is 1.86. The van der Waals surface area contributed by atoms with Crippen LogP contribution in [0.2, 0.25) is 0 Å².